The molecule has 0 bridgehead atoms. The lowest BCUT2D eigenvalue weighted by Gasteiger charge is -2.09. The zero-order chi connectivity index (χ0) is 11.0. The van der Waals surface area contributed by atoms with Gasteiger partial charge in [0.05, 0.1) is 0 Å². The van der Waals surface area contributed by atoms with Crippen LogP contribution in [0.4, 0.5) is 0 Å². The first-order valence-electron chi connectivity index (χ1n) is 5.86. The van der Waals surface area contributed by atoms with Crippen LogP contribution in [-0.2, 0) is 6.42 Å². The highest BCUT2D eigenvalue weighted by Gasteiger charge is 2.17. The van der Waals surface area contributed by atoms with E-state index in [9.17, 15) is 5.11 Å². The summed E-state index contributed by atoms with van der Waals surface area (Å²) >= 11 is 0. The zero-order valence-electron chi connectivity index (χ0n) is 9.16. The first-order chi connectivity index (χ1) is 7.84. The predicted octanol–water partition coefficient (Wildman–Crippen LogP) is 2.17. The van der Waals surface area contributed by atoms with Gasteiger partial charge in [-0.3, -0.25) is 0 Å². The number of fused-ring (bicyclic) bond motifs is 1. The molecule has 1 fully saturated rings. The molecule has 1 aliphatic heterocycles. The smallest absolute Gasteiger partial charge is 0.125 e. The van der Waals surface area contributed by atoms with Crippen LogP contribution in [0.3, 0.4) is 0 Å². The first-order valence-corrected chi connectivity index (χ1v) is 5.86. The van der Waals surface area contributed by atoms with Crippen LogP contribution in [0.15, 0.2) is 24.4 Å². The van der Waals surface area contributed by atoms with Crippen molar-refractivity contribution < 1.29 is 5.11 Å². The van der Waals surface area contributed by atoms with Gasteiger partial charge in [0.15, 0.2) is 0 Å². The lowest BCUT2D eigenvalue weighted by atomic mass is 10.0. The normalized spacial score (nSPS) is 20.6. The molecule has 3 nitrogen and oxygen atoms in total. The van der Waals surface area contributed by atoms with Crippen LogP contribution in [0.2, 0.25) is 0 Å². The number of rotatable bonds is 2. The van der Waals surface area contributed by atoms with Gasteiger partial charge < -0.3 is 15.4 Å². The molecule has 0 amide bonds. The highest BCUT2D eigenvalue weighted by molar-refractivity contribution is 5.89. The van der Waals surface area contributed by atoms with E-state index in [2.05, 4.69) is 10.3 Å². The molecule has 2 heterocycles. The lowest BCUT2D eigenvalue weighted by molar-refractivity contribution is 0.481. The third kappa shape index (κ3) is 1.57. The Balaban J connectivity index is 1.97. The van der Waals surface area contributed by atoms with Crippen LogP contribution in [0.5, 0.6) is 5.75 Å². The Morgan fingerprint density at radius 2 is 2.31 bits per heavy atom. The molecule has 84 valence electrons. The summed E-state index contributed by atoms with van der Waals surface area (Å²) in [5.74, 6) is 0.381. The van der Waals surface area contributed by atoms with Crippen molar-refractivity contribution >= 4 is 10.9 Å². The zero-order valence-corrected chi connectivity index (χ0v) is 9.16. The Labute approximate surface area is 94.5 Å². The molecule has 1 unspecified atom stereocenters. The average Bonchev–Trinajstić information content (AvgIpc) is 2.90. The van der Waals surface area contributed by atoms with Crippen LogP contribution in [-0.4, -0.2) is 22.7 Å². The molecule has 3 N–H and O–H groups in total. The number of aromatic amines is 1. The number of hydrogen-bond acceptors (Lipinski definition) is 2. The van der Waals surface area contributed by atoms with Crippen molar-refractivity contribution in [3.05, 3.63) is 30.0 Å². The van der Waals surface area contributed by atoms with E-state index in [1.807, 2.05) is 18.3 Å². The number of H-pyrrole nitrogens is 1. The Kier molecular flexibility index (Phi) is 2.33. The second-order valence-corrected chi connectivity index (χ2v) is 4.51. The van der Waals surface area contributed by atoms with Gasteiger partial charge in [-0.25, -0.2) is 0 Å². The second-order valence-electron chi connectivity index (χ2n) is 4.51. The van der Waals surface area contributed by atoms with Crippen LogP contribution < -0.4 is 5.32 Å². The molecule has 3 heteroatoms. The van der Waals surface area contributed by atoms with E-state index in [1.54, 1.807) is 6.07 Å². The number of nitrogens with one attached hydrogen (secondary N) is 2. The minimum Gasteiger partial charge on any atom is -0.507 e. The number of phenols is 1. The van der Waals surface area contributed by atoms with Crippen LogP contribution in [0, 0.1) is 0 Å². The van der Waals surface area contributed by atoms with Crippen molar-refractivity contribution in [2.75, 3.05) is 6.54 Å². The van der Waals surface area contributed by atoms with Gasteiger partial charge in [-0.15, -0.1) is 0 Å². The van der Waals surface area contributed by atoms with E-state index in [1.165, 1.54) is 18.4 Å². The molecule has 1 aliphatic rings. The summed E-state index contributed by atoms with van der Waals surface area (Å²) in [5, 5.41) is 14.3. The third-order valence-corrected chi connectivity index (χ3v) is 3.39. The third-order valence-electron chi connectivity index (χ3n) is 3.39. The fourth-order valence-corrected chi connectivity index (χ4v) is 2.59. The van der Waals surface area contributed by atoms with E-state index in [4.69, 9.17) is 0 Å². The highest BCUT2D eigenvalue weighted by Crippen LogP contribution is 2.29. The Hall–Kier alpha value is -1.48. The molecular weight excluding hydrogens is 200 g/mol. The Morgan fingerprint density at radius 3 is 3.12 bits per heavy atom. The van der Waals surface area contributed by atoms with Crippen molar-refractivity contribution in [3.8, 4) is 5.75 Å². The van der Waals surface area contributed by atoms with E-state index >= 15 is 0 Å². The van der Waals surface area contributed by atoms with E-state index < -0.39 is 0 Å². The molecule has 2 aromatic rings. The van der Waals surface area contributed by atoms with Crippen molar-refractivity contribution in [1.82, 2.24) is 10.3 Å². The summed E-state index contributed by atoms with van der Waals surface area (Å²) in [4.78, 5) is 3.22. The van der Waals surface area contributed by atoms with Gasteiger partial charge in [-0.05, 0) is 43.5 Å². The van der Waals surface area contributed by atoms with Crippen LogP contribution in [0.25, 0.3) is 10.9 Å². The monoisotopic (exact) mass is 216 g/mol. The topological polar surface area (TPSA) is 48.0 Å². The van der Waals surface area contributed by atoms with Gasteiger partial charge in [0.1, 0.15) is 5.75 Å². The maximum atomic E-state index is 9.87. The van der Waals surface area contributed by atoms with Gasteiger partial charge in [-0.2, -0.15) is 0 Å². The summed E-state index contributed by atoms with van der Waals surface area (Å²) in [6, 6.07) is 6.19. The minimum absolute atomic E-state index is 0.381. The van der Waals surface area contributed by atoms with Gasteiger partial charge in [0.2, 0.25) is 0 Å². The maximum absolute atomic E-state index is 9.87. The molecule has 0 spiro atoms. The highest BCUT2D eigenvalue weighted by atomic mass is 16.3. The summed E-state index contributed by atoms with van der Waals surface area (Å²) in [7, 11) is 0. The molecule has 1 aromatic carbocycles. The molecule has 1 aromatic heterocycles. The van der Waals surface area contributed by atoms with E-state index in [0.29, 0.717) is 11.8 Å². The number of aromatic nitrogens is 1. The van der Waals surface area contributed by atoms with Crippen molar-refractivity contribution in [2.45, 2.75) is 25.3 Å². The Bertz CT molecular complexity index is 498. The van der Waals surface area contributed by atoms with Gasteiger partial charge in [-0.1, -0.05) is 6.07 Å². The average molecular weight is 216 g/mol. The molecule has 0 radical (unpaired) electrons. The second kappa shape index (κ2) is 3.83. The molecule has 0 aliphatic carbocycles. The van der Waals surface area contributed by atoms with Crippen LogP contribution >= 0.6 is 0 Å². The van der Waals surface area contributed by atoms with Gasteiger partial charge in [0, 0.05) is 23.1 Å². The minimum atomic E-state index is 0.381. The summed E-state index contributed by atoms with van der Waals surface area (Å²) in [6.07, 6.45) is 5.52. The fraction of sp³-hybridized carbons (Fsp3) is 0.385. The maximum Gasteiger partial charge on any atom is 0.125 e. The first kappa shape index (κ1) is 9.73. The van der Waals surface area contributed by atoms with Crippen molar-refractivity contribution in [1.29, 1.82) is 0 Å². The quantitative estimate of drug-likeness (QED) is 0.720. The summed E-state index contributed by atoms with van der Waals surface area (Å²) in [6.45, 7) is 1.12. The summed E-state index contributed by atoms with van der Waals surface area (Å²) < 4.78 is 0. The molecule has 1 atom stereocenters. The largest absolute Gasteiger partial charge is 0.507 e. The standard InChI is InChI=1S/C13H16N2O/c16-12-5-1-4-11-13(12)9(8-15-11)7-10-3-2-6-14-10/h1,4-5,8,10,14-16H,2-3,6-7H2. The number of hydrogen-bond donors (Lipinski definition) is 3. The van der Waals surface area contributed by atoms with Crippen molar-refractivity contribution in [2.24, 2.45) is 0 Å². The number of phenolic OH excluding ortho intramolecular Hbond substituents is 1. The Morgan fingerprint density at radius 1 is 1.38 bits per heavy atom. The van der Waals surface area contributed by atoms with Crippen molar-refractivity contribution in [3.63, 3.8) is 0 Å². The fourth-order valence-electron chi connectivity index (χ4n) is 2.59. The molecular formula is C13H16N2O. The SMILES string of the molecule is Oc1cccc2[nH]cc(CC3CCCN3)c12. The van der Waals surface area contributed by atoms with Gasteiger partial charge >= 0.3 is 0 Å². The number of aromatic hydroxyl groups is 1. The van der Waals surface area contributed by atoms with Crippen LogP contribution in [0.1, 0.15) is 18.4 Å². The van der Waals surface area contributed by atoms with E-state index in [-0.39, 0.29) is 0 Å². The number of benzene rings is 1. The lowest BCUT2D eigenvalue weighted by Crippen LogP contribution is -2.23. The molecule has 0 saturated carbocycles. The van der Waals surface area contributed by atoms with Gasteiger partial charge in [0.25, 0.3) is 0 Å². The molecule has 1 saturated heterocycles. The van der Waals surface area contributed by atoms with E-state index in [0.717, 1.165) is 23.9 Å². The molecule has 3 rings (SSSR count). The summed E-state index contributed by atoms with van der Waals surface area (Å²) in [5.41, 5.74) is 2.24. The molecule has 16 heavy (non-hydrogen) atoms. The predicted molar refractivity (Wildman–Crippen MR) is 64.7 cm³/mol.